The van der Waals surface area contributed by atoms with Crippen LogP contribution < -0.4 is 5.32 Å². The Morgan fingerprint density at radius 3 is 3.00 bits per heavy atom. The van der Waals surface area contributed by atoms with Gasteiger partial charge >= 0.3 is 0 Å². The van der Waals surface area contributed by atoms with Gasteiger partial charge in [-0.3, -0.25) is 0 Å². The molecular formula is C14H17FN2S. The summed E-state index contributed by atoms with van der Waals surface area (Å²) in [6.07, 6.45) is 3.71. The lowest BCUT2D eigenvalue weighted by atomic mass is 9.87. The molecule has 0 aliphatic heterocycles. The highest BCUT2D eigenvalue weighted by atomic mass is 32.1. The van der Waals surface area contributed by atoms with Gasteiger partial charge in [-0.05, 0) is 30.4 Å². The molecule has 1 fully saturated rings. The van der Waals surface area contributed by atoms with Gasteiger partial charge in [0.1, 0.15) is 5.82 Å². The third-order valence-electron chi connectivity index (χ3n) is 3.90. The quantitative estimate of drug-likeness (QED) is 0.868. The molecule has 1 aliphatic rings. The van der Waals surface area contributed by atoms with Crippen molar-refractivity contribution >= 4 is 26.7 Å². The smallest absolute Gasteiger partial charge is 0.184 e. The summed E-state index contributed by atoms with van der Waals surface area (Å²) in [4.78, 5) is 4.47. The molecule has 4 heteroatoms. The van der Waals surface area contributed by atoms with Crippen LogP contribution in [0, 0.1) is 11.2 Å². The van der Waals surface area contributed by atoms with E-state index in [1.54, 1.807) is 17.4 Å². The average Bonchev–Trinajstić information content (AvgIpc) is 2.82. The molecule has 18 heavy (non-hydrogen) atoms. The molecule has 1 heterocycles. The number of benzene rings is 1. The molecule has 1 aromatic heterocycles. The van der Waals surface area contributed by atoms with Crippen molar-refractivity contribution in [1.82, 2.24) is 4.98 Å². The molecule has 0 spiro atoms. The maximum absolute atomic E-state index is 13.1. The van der Waals surface area contributed by atoms with Crippen LogP contribution in [0.1, 0.15) is 33.1 Å². The van der Waals surface area contributed by atoms with Gasteiger partial charge in [0.25, 0.3) is 0 Å². The number of halogens is 1. The van der Waals surface area contributed by atoms with Crippen molar-refractivity contribution < 1.29 is 4.39 Å². The Morgan fingerprint density at radius 1 is 1.44 bits per heavy atom. The van der Waals surface area contributed by atoms with E-state index in [4.69, 9.17) is 0 Å². The highest BCUT2D eigenvalue weighted by Crippen LogP contribution is 2.40. The Bertz CT molecular complexity index is 576. The van der Waals surface area contributed by atoms with Gasteiger partial charge in [0.2, 0.25) is 0 Å². The molecule has 1 aromatic carbocycles. The molecular weight excluding hydrogens is 247 g/mol. The van der Waals surface area contributed by atoms with Crippen molar-refractivity contribution in [3.8, 4) is 0 Å². The summed E-state index contributed by atoms with van der Waals surface area (Å²) < 4.78 is 14.2. The Kier molecular flexibility index (Phi) is 2.77. The first-order valence-electron chi connectivity index (χ1n) is 6.37. The van der Waals surface area contributed by atoms with Crippen LogP contribution in [-0.4, -0.2) is 11.0 Å². The minimum atomic E-state index is -0.222. The Balaban J connectivity index is 1.87. The molecule has 2 aromatic rings. The third-order valence-corrected chi connectivity index (χ3v) is 4.87. The monoisotopic (exact) mass is 264 g/mol. The SMILES string of the molecule is CC1(C)CCCC1Nc1nc2cc(F)ccc2s1. The zero-order valence-electron chi connectivity index (χ0n) is 10.7. The van der Waals surface area contributed by atoms with Crippen LogP contribution in [0.5, 0.6) is 0 Å². The molecule has 1 saturated carbocycles. The van der Waals surface area contributed by atoms with E-state index in [-0.39, 0.29) is 5.82 Å². The first-order valence-corrected chi connectivity index (χ1v) is 7.19. The molecule has 2 nitrogen and oxygen atoms in total. The summed E-state index contributed by atoms with van der Waals surface area (Å²) in [5.41, 5.74) is 1.07. The zero-order chi connectivity index (χ0) is 12.8. The number of fused-ring (bicyclic) bond motifs is 1. The topological polar surface area (TPSA) is 24.9 Å². The lowest BCUT2D eigenvalue weighted by molar-refractivity contribution is 0.350. The summed E-state index contributed by atoms with van der Waals surface area (Å²) in [5.74, 6) is -0.222. The molecule has 0 amide bonds. The number of hydrogen-bond donors (Lipinski definition) is 1. The zero-order valence-corrected chi connectivity index (χ0v) is 11.5. The molecule has 1 unspecified atom stereocenters. The number of rotatable bonds is 2. The minimum Gasteiger partial charge on any atom is -0.358 e. The number of nitrogens with one attached hydrogen (secondary N) is 1. The highest BCUT2D eigenvalue weighted by Gasteiger charge is 2.34. The van der Waals surface area contributed by atoms with Crippen LogP contribution in [0.2, 0.25) is 0 Å². The number of thiazole rings is 1. The van der Waals surface area contributed by atoms with Crippen LogP contribution in [0.15, 0.2) is 18.2 Å². The predicted octanol–water partition coefficient (Wildman–Crippen LogP) is 4.43. The van der Waals surface area contributed by atoms with Crippen molar-refractivity contribution in [2.24, 2.45) is 5.41 Å². The molecule has 1 atom stereocenters. The molecule has 0 bridgehead atoms. The lowest BCUT2D eigenvalue weighted by Gasteiger charge is -2.27. The molecule has 0 radical (unpaired) electrons. The summed E-state index contributed by atoms with van der Waals surface area (Å²) in [7, 11) is 0. The Morgan fingerprint density at radius 2 is 2.28 bits per heavy atom. The molecule has 3 rings (SSSR count). The number of nitrogens with zero attached hydrogens (tertiary/aromatic N) is 1. The van der Waals surface area contributed by atoms with Crippen molar-refractivity contribution in [2.75, 3.05) is 5.32 Å². The first kappa shape index (κ1) is 11.9. The van der Waals surface area contributed by atoms with Gasteiger partial charge in [0.05, 0.1) is 10.2 Å². The van der Waals surface area contributed by atoms with E-state index < -0.39 is 0 Å². The van der Waals surface area contributed by atoms with E-state index in [1.165, 1.54) is 31.4 Å². The summed E-state index contributed by atoms with van der Waals surface area (Å²) in [5, 5.41) is 4.44. The van der Waals surface area contributed by atoms with E-state index in [0.29, 0.717) is 11.5 Å². The molecule has 1 aliphatic carbocycles. The standard InChI is InChI=1S/C14H17FN2S/c1-14(2)7-3-4-12(14)17-13-16-10-8-9(15)5-6-11(10)18-13/h5-6,8,12H,3-4,7H2,1-2H3,(H,16,17). The van der Waals surface area contributed by atoms with Crippen LogP contribution >= 0.6 is 11.3 Å². The predicted molar refractivity (Wildman–Crippen MR) is 74.6 cm³/mol. The second-order valence-electron chi connectivity index (χ2n) is 5.71. The Labute approximate surface area is 110 Å². The summed E-state index contributed by atoms with van der Waals surface area (Å²) >= 11 is 1.60. The van der Waals surface area contributed by atoms with Gasteiger partial charge in [-0.25, -0.2) is 9.37 Å². The van der Waals surface area contributed by atoms with Crippen molar-refractivity contribution in [1.29, 1.82) is 0 Å². The summed E-state index contributed by atoms with van der Waals surface area (Å²) in [6, 6.07) is 5.26. The van der Waals surface area contributed by atoms with Crippen LogP contribution in [0.25, 0.3) is 10.2 Å². The molecule has 1 N–H and O–H groups in total. The van der Waals surface area contributed by atoms with Gasteiger partial charge in [0, 0.05) is 12.1 Å². The number of hydrogen-bond acceptors (Lipinski definition) is 3. The van der Waals surface area contributed by atoms with Crippen LogP contribution in [0.4, 0.5) is 9.52 Å². The summed E-state index contributed by atoms with van der Waals surface area (Å²) in [6.45, 7) is 4.59. The molecule has 96 valence electrons. The van der Waals surface area contributed by atoms with Crippen LogP contribution in [0.3, 0.4) is 0 Å². The van der Waals surface area contributed by atoms with E-state index in [2.05, 4.69) is 24.1 Å². The maximum atomic E-state index is 13.1. The highest BCUT2D eigenvalue weighted by molar-refractivity contribution is 7.22. The molecule has 0 saturated heterocycles. The van der Waals surface area contributed by atoms with Gasteiger partial charge < -0.3 is 5.32 Å². The van der Waals surface area contributed by atoms with Crippen LogP contribution in [-0.2, 0) is 0 Å². The van der Waals surface area contributed by atoms with Crippen molar-refractivity contribution in [3.05, 3.63) is 24.0 Å². The van der Waals surface area contributed by atoms with E-state index in [0.717, 1.165) is 15.3 Å². The lowest BCUT2D eigenvalue weighted by Crippen LogP contribution is -2.30. The average molecular weight is 264 g/mol. The van der Waals surface area contributed by atoms with E-state index in [1.807, 2.05) is 0 Å². The minimum absolute atomic E-state index is 0.222. The van der Waals surface area contributed by atoms with Crippen molar-refractivity contribution in [2.45, 2.75) is 39.2 Å². The van der Waals surface area contributed by atoms with Crippen molar-refractivity contribution in [3.63, 3.8) is 0 Å². The number of aromatic nitrogens is 1. The van der Waals surface area contributed by atoms with Gasteiger partial charge in [-0.2, -0.15) is 0 Å². The normalized spacial score (nSPS) is 22.5. The fraction of sp³-hybridized carbons (Fsp3) is 0.500. The third kappa shape index (κ3) is 2.09. The second kappa shape index (κ2) is 4.19. The fourth-order valence-electron chi connectivity index (χ4n) is 2.71. The largest absolute Gasteiger partial charge is 0.358 e. The maximum Gasteiger partial charge on any atom is 0.184 e. The second-order valence-corrected chi connectivity index (χ2v) is 6.74. The van der Waals surface area contributed by atoms with E-state index in [9.17, 15) is 4.39 Å². The first-order chi connectivity index (χ1) is 8.54. The van der Waals surface area contributed by atoms with Gasteiger partial charge in [-0.15, -0.1) is 0 Å². The van der Waals surface area contributed by atoms with Gasteiger partial charge in [0.15, 0.2) is 5.13 Å². The van der Waals surface area contributed by atoms with E-state index >= 15 is 0 Å². The van der Waals surface area contributed by atoms with Gasteiger partial charge in [-0.1, -0.05) is 31.6 Å². The fourth-order valence-corrected chi connectivity index (χ4v) is 3.60. The number of anilines is 1. The Hall–Kier alpha value is -1.16.